The minimum atomic E-state index is -0.623. The highest BCUT2D eigenvalue weighted by Crippen LogP contribution is 2.19. The Morgan fingerprint density at radius 1 is 1.14 bits per heavy atom. The van der Waals surface area contributed by atoms with Crippen LogP contribution >= 0.6 is 0 Å². The molecule has 0 aromatic heterocycles. The van der Waals surface area contributed by atoms with Crippen molar-refractivity contribution in [2.75, 3.05) is 26.3 Å². The summed E-state index contributed by atoms with van der Waals surface area (Å²) in [5.41, 5.74) is 2.28. The standard InChI is InChI=1S/C24H32FNO3/c1-18(2)20-7-11-23(12-8-20)29-17-22(27)15-26(16-24-4-3-13-28-24)14-19-5-9-21(25)10-6-19/h5-12,18,22,24,27H,3-4,13-17H2,1-2H3. The lowest BCUT2D eigenvalue weighted by atomic mass is 10.0. The molecule has 0 bridgehead atoms. The van der Waals surface area contributed by atoms with Crippen molar-refractivity contribution in [2.24, 2.45) is 0 Å². The molecule has 2 aromatic carbocycles. The van der Waals surface area contributed by atoms with Crippen LogP contribution in [0, 0.1) is 5.82 Å². The van der Waals surface area contributed by atoms with Gasteiger partial charge in [-0.2, -0.15) is 0 Å². The average Bonchev–Trinajstić information content (AvgIpc) is 3.21. The van der Waals surface area contributed by atoms with E-state index in [9.17, 15) is 9.50 Å². The highest BCUT2D eigenvalue weighted by molar-refractivity contribution is 5.28. The normalized spacial score (nSPS) is 17.8. The topological polar surface area (TPSA) is 41.9 Å². The third-order valence-corrected chi connectivity index (χ3v) is 5.26. The molecule has 0 amide bonds. The number of hydrogen-bond acceptors (Lipinski definition) is 4. The van der Waals surface area contributed by atoms with E-state index in [0.29, 0.717) is 19.0 Å². The number of aliphatic hydroxyl groups is 1. The van der Waals surface area contributed by atoms with Crippen LogP contribution < -0.4 is 4.74 Å². The van der Waals surface area contributed by atoms with Crippen LogP contribution in [0.1, 0.15) is 43.7 Å². The van der Waals surface area contributed by atoms with Gasteiger partial charge in [0.2, 0.25) is 0 Å². The van der Waals surface area contributed by atoms with Gasteiger partial charge in [-0.15, -0.1) is 0 Å². The van der Waals surface area contributed by atoms with Crippen molar-refractivity contribution in [1.82, 2.24) is 4.90 Å². The predicted octanol–water partition coefficient (Wildman–Crippen LogP) is 4.37. The van der Waals surface area contributed by atoms with Crippen molar-refractivity contribution in [3.8, 4) is 5.75 Å². The minimum Gasteiger partial charge on any atom is -0.491 e. The van der Waals surface area contributed by atoms with E-state index in [-0.39, 0.29) is 18.5 Å². The van der Waals surface area contributed by atoms with E-state index < -0.39 is 6.10 Å². The van der Waals surface area contributed by atoms with Gasteiger partial charge in [0, 0.05) is 26.2 Å². The number of hydrogen-bond donors (Lipinski definition) is 1. The summed E-state index contributed by atoms with van der Waals surface area (Å²) in [5, 5.41) is 10.6. The molecule has 5 heteroatoms. The molecule has 0 spiro atoms. The van der Waals surface area contributed by atoms with E-state index in [1.165, 1.54) is 17.7 Å². The molecule has 1 saturated heterocycles. The number of aliphatic hydroxyl groups excluding tert-OH is 1. The maximum absolute atomic E-state index is 13.2. The molecule has 1 heterocycles. The Hall–Kier alpha value is -1.95. The molecule has 158 valence electrons. The number of halogens is 1. The Morgan fingerprint density at radius 3 is 2.48 bits per heavy atom. The van der Waals surface area contributed by atoms with Crippen molar-refractivity contribution in [3.63, 3.8) is 0 Å². The molecule has 0 saturated carbocycles. The van der Waals surface area contributed by atoms with Gasteiger partial charge in [-0.1, -0.05) is 38.1 Å². The summed E-state index contributed by atoms with van der Waals surface area (Å²) in [7, 11) is 0. The molecule has 2 atom stereocenters. The Kier molecular flexibility index (Phi) is 8.04. The lowest BCUT2D eigenvalue weighted by Gasteiger charge is -2.27. The third-order valence-electron chi connectivity index (χ3n) is 5.26. The van der Waals surface area contributed by atoms with Crippen LogP contribution in [0.3, 0.4) is 0 Å². The van der Waals surface area contributed by atoms with Crippen LogP contribution in [-0.2, 0) is 11.3 Å². The second-order valence-corrected chi connectivity index (χ2v) is 8.14. The van der Waals surface area contributed by atoms with Gasteiger partial charge in [0.1, 0.15) is 24.3 Å². The molecule has 3 rings (SSSR count). The summed E-state index contributed by atoms with van der Waals surface area (Å²) in [6, 6.07) is 14.5. The number of ether oxygens (including phenoxy) is 2. The van der Waals surface area contributed by atoms with Crippen LogP contribution in [0.15, 0.2) is 48.5 Å². The maximum Gasteiger partial charge on any atom is 0.123 e. The fourth-order valence-electron chi connectivity index (χ4n) is 3.62. The van der Waals surface area contributed by atoms with Crippen molar-refractivity contribution >= 4 is 0 Å². The number of benzene rings is 2. The molecule has 1 fully saturated rings. The van der Waals surface area contributed by atoms with E-state index >= 15 is 0 Å². The second kappa shape index (κ2) is 10.7. The molecule has 2 unspecified atom stereocenters. The van der Waals surface area contributed by atoms with Gasteiger partial charge in [-0.3, -0.25) is 4.90 Å². The summed E-state index contributed by atoms with van der Waals surface area (Å²) in [6.07, 6.45) is 1.68. The monoisotopic (exact) mass is 401 g/mol. The van der Waals surface area contributed by atoms with E-state index in [1.807, 2.05) is 12.1 Å². The smallest absolute Gasteiger partial charge is 0.123 e. The van der Waals surface area contributed by atoms with Crippen LogP contribution in [0.5, 0.6) is 5.75 Å². The molecular formula is C24H32FNO3. The molecule has 29 heavy (non-hydrogen) atoms. The number of nitrogens with zero attached hydrogens (tertiary/aromatic N) is 1. The lowest BCUT2D eigenvalue weighted by molar-refractivity contribution is 0.0313. The largest absolute Gasteiger partial charge is 0.491 e. The van der Waals surface area contributed by atoms with Gasteiger partial charge in [-0.05, 0) is 54.2 Å². The zero-order valence-electron chi connectivity index (χ0n) is 17.4. The minimum absolute atomic E-state index is 0.187. The van der Waals surface area contributed by atoms with Gasteiger partial charge in [0.15, 0.2) is 0 Å². The fourth-order valence-corrected chi connectivity index (χ4v) is 3.62. The van der Waals surface area contributed by atoms with Gasteiger partial charge < -0.3 is 14.6 Å². The summed E-state index contributed by atoms with van der Waals surface area (Å²) < 4.78 is 24.8. The predicted molar refractivity (Wildman–Crippen MR) is 113 cm³/mol. The highest BCUT2D eigenvalue weighted by atomic mass is 19.1. The SMILES string of the molecule is CC(C)c1ccc(OCC(O)CN(Cc2ccc(F)cc2)CC2CCCO2)cc1. The summed E-state index contributed by atoms with van der Waals surface area (Å²) >= 11 is 0. The first-order valence-electron chi connectivity index (χ1n) is 10.5. The average molecular weight is 402 g/mol. The van der Waals surface area contributed by atoms with E-state index in [4.69, 9.17) is 9.47 Å². The van der Waals surface area contributed by atoms with Crippen LogP contribution in [0.25, 0.3) is 0 Å². The molecule has 0 aliphatic carbocycles. The lowest BCUT2D eigenvalue weighted by Crippen LogP contribution is -2.39. The van der Waals surface area contributed by atoms with E-state index in [2.05, 4.69) is 30.9 Å². The van der Waals surface area contributed by atoms with Gasteiger partial charge in [0.25, 0.3) is 0 Å². The van der Waals surface area contributed by atoms with E-state index in [0.717, 1.165) is 37.3 Å². The molecule has 4 nitrogen and oxygen atoms in total. The van der Waals surface area contributed by atoms with Crippen molar-refractivity contribution in [1.29, 1.82) is 0 Å². The third kappa shape index (κ3) is 7.11. The molecular weight excluding hydrogens is 369 g/mol. The Labute approximate surface area is 173 Å². The molecule has 1 aliphatic heterocycles. The Balaban J connectivity index is 1.54. The van der Waals surface area contributed by atoms with Crippen molar-refractivity contribution in [3.05, 3.63) is 65.5 Å². The first kappa shape index (κ1) is 21.8. The summed E-state index contributed by atoms with van der Waals surface area (Å²) in [5.74, 6) is 1.00. The van der Waals surface area contributed by atoms with E-state index in [1.54, 1.807) is 12.1 Å². The Morgan fingerprint density at radius 2 is 1.86 bits per heavy atom. The zero-order valence-corrected chi connectivity index (χ0v) is 17.4. The molecule has 1 N–H and O–H groups in total. The molecule has 0 radical (unpaired) electrons. The first-order chi connectivity index (χ1) is 14.0. The number of rotatable bonds is 10. The van der Waals surface area contributed by atoms with Crippen LogP contribution in [0.4, 0.5) is 4.39 Å². The molecule has 1 aliphatic rings. The highest BCUT2D eigenvalue weighted by Gasteiger charge is 2.21. The van der Waals surface area contributed by atoms with Gasteiger partial charge >= 0.3 is 0 Å². The fraction of sp³-hybridized carbons (Fsp3) is 0.500. The zero-order chi connectivity index (χ0) is 20.6. The summed E-state index contributed by atoms with van der Waals surface area (Å²) in [4.78, 5) is 2.17. The quantitative estimate of drug-likeness (QED) is 0.642. The van der Waals surface area contributed by atoms with Crippen LogP contribution in [0.2, 0.25) is 0 Å². The van der Waals surface area contributed by atoms with Crippen LogP contribution in [-0.4, -0.2) is 48.5 Å². The second-order valence-electron chi connectivity index (χ2n) is 8.14. The maximum atomic E-state index is 13.2. The van der Waals surface area contributed by atoms with Gasteiger partial charge in [-0.25, -0.2) is 4.39 Å². The van der Waals surface area contributed by atoms with Crippen molar-refractivity contribution < 1.29 is 19.0 Å². The molecule has 2 aromatic rings. The van der Waals surface area contributed by atoms with Gasteiger partial charge in [0.05, 0.1) is 6.10 Å². The Bertz CT molecular complexity index is 727. The summed E-state index contributed by atoms with van der Waals surface area (Å²) in [6.45, 7) is 7.20. The first-order valence-corrected chi connectivity index (χ1v) is 10.5. The van der Waals surface area contributed by atoms with Crippen molar-refractivity contribution in [2.45, 2.75) is 51.4 Å².